The molecule has 3 aromatic heterocycles. The second-order valence-electron chi connectivity index (χ2n) is 12.7. The molecule has 7 heterocycles. The van der Waals surface area contributed by atoms with E-state index in [9.17, 15) is 14.7 Å². The molecule has 3 atom stereocenters. The highest BCUT2D eigenvalue weighted by molar-refractivity contribution is 6.06. The summed E-state index contributed by atoms with van der Waals surface area (Å²) in [6.07, 6.45) is 4.44. The van der Waals surface area contributed by atoms with Crippen LogP contribution in [0, 0.1) is 0 Å². The SMILES string of the molecule is C[C@H]1CCCCC(=O)N2CCC(CC2)n2c(nc3ccccc32)O[C@H]2C[C@@H](C(=O)O)N(C2)c2nc1nc1c2oc2ccccc21. The quantitative estimate of drug-likeness (QED) is 0.256. The Morgan fingerprint density at radius 1 is 0.978 bits per heavy atom. The summed E-state index contributed by atoms with van der Waals surface area (Å²) in [7, 11) is 0. The Hall–Kier alpha value is -4.67. The van der Waals surface area contributed by atoms with Gasteiger partial charge in [0.15, 0.2) is 11.4 Å². The standard InChI is InChI=1S/C34H36N6O5/c1-20-8-2-7-13-28(41)38-16-14-21(15-17-38)40-25-11-5-4-10-24(25)35-34(40)44-22-18-26(33(42)43)39(19-22)32-30-29(36-31(20)37-32)23-9-3-6-12-27(23)45-30/h3-6,9-12,20-22,26H,2,7-8,13-19H2,1H3,(H,42,43)/t20-,22-,26-/m0/s1. The lowest BCUT2D eigenvalue weighted by atomic mass is 10.0. The second kappa shape index (κ2) is 11.0. The maximum Gasteiger partial charge on any atom is 0.326 e. The fourth-order valence-corrected chi connectivity index (χ4v) is 7.35. The molecule has 0 unspecified atom stereocenters. The number of carboxylic acid groups (broad SMARTS) is 1. The summed E-state index contributed by atoms with van der Waals surface area (Å²) in [5, 5.41) is 11.3. The van der Waals surface area contributed by atoms with Crippen molar-refractivity contribution in [1.29, 1.82) is 0 Å². The number of ether oxygens (including phenoxy) is 1. The molecular weight excluding hydrogens is 572 g/mol. The third kappa shape index (κ3) is 4.85. The Morgan fingerprint density at radius 3 is 2.62 bits per heavy atom. The first-order valence-electron chi connectivity index (χ1n) is 16.0. The lowest BCUT2D eigenvalue weighted by Gasteiger charge is -2.33. The second-order valence-corrected chi connectivity index (χ2v) is 12.7. The van der Waals surface area contributed by atoms with Gasteiger partial charge in [0.25, 0.3) is 6.01 Å². The number of para-hydroxylation sites is 3. The molecule has 2 fully saturated rings. The van der Waals surface area contributed by atoms with Crippen LogP contribution in [0.4, 0.5) is 5.82 Å². The Bertz CT molecular complexity index is 1920. The van der Waals surface area contributed by atoms with Gasteiger partial charge >= 0.3 is 5.97 Å². The highest BCUT2D eigenvalue weighted by atomic mass is 16.5. The van der Waals surface area contributed by atoms with E-state index in [1.54, 1.807) is 0 Å². The molecule has 11 nitrogen and oxygen atoms in total. The summed E-state index contributed by atoms with van der Waals surface area (Å²) >= 11 is 0. The van der Waals surface area contributed by atoms with Crippen LogP contribution in [-0.2, 0) is 9.59 Å². The van der Waals surface area contributed by atoms with Crippen molar-refractivity contribution in [3.05, 3.63) is 54.4 Å². The summed E-state index contributed by atoms with van der Waals surface area (Å²) in [4.78, 5) is 44.6. The summed E-state index contributed by atoms with van der Waals surface area (Å²) in [5.41, 5.74) is 3.65. The van der Waals surface area contributed by atoms with Gasteiger partial charge in [0.05, 0.1) is 17.6 Å². The van der Waals surface area contributed by atoms with Gasteiger partial charge in [0.1, 0.15) is 29.1 Å². The molecular formula is C34H36N6O5. The Kier molecular flexibility index (Phi) is 6.84. The van der Waals surface area contributed by atoms with Crippen LogP contribution < -0.4 is 9.64 Å². The number of carbonyl (C=O) groups is 2. The van der Waals surface area contributed by atoms with Gasteiger partial charge in [-0.1, -0.05) is 37.6 Å². The van der Waals surface area contributed by atoms with E-state index in [0.717, 1.165) is 48.5 Å². The van der Waals surface area contributed by atoms with E-state index in [1.807, 2.05) is 58.3 Å². The highest BCUT2D eigenvalue weighted by Crippen LogP contribution is 2.39. The summed E-state index contributed by atoms with van der Waals surface area (Å²) in [6.45, 7) is 3.79. The minimum Gasteiger partial charge on any atom is -0.480 e. The molecule has 2 saturated heterocycles. The molecule has 1 amide bonds. The van der Waals surface area contributed by atoms with Crippen LogP contribution in [0.2, 0.25) is 0 Å². The number of fused-ring (bicyclic) bond motifs is 11. The molecule has 2 aromatic carbocycles. The zero-order valence-electron chi connectivity index (χ0n) is 25.3. The number of anilines is 1. The van der Waals surface area contributed by atoms with E-state index in [0.29, 0.717) is 60.4 Å². The van der Waals surface area contributed by atoms with Crippen LogP contribution in [0.3, 0.4) is 0 Å². The van der Waals surface area contributed by atoms with Gasteiger partial charge in [-0.15, -0.1) is 0 Å². The van der Waals surface area contributed by atoms with E-state index in [4.69, 9.17) is 24.1 Å². The number of benzene rings is 2. The summed E-state index contributed by atoms with van der Waals surface area (Å²) in [6, 6.07) is 15.4. The van der Waals surface area contributed by atoms with Gasteiger partial charge < -0.3 is 24.1 Å². The van der Waals surface area contributed by atoms with Crippen LogP contribution >= 0.6 is 0 Å². The van der Waals surface area contributed by atoms with E-state index in [-0.39, 0.29) is 24.3 Å². The van der Waals surface area contributed by atoms with Crippen molar-refractivity contribution in [3.63, 3.8) is 0 Å². The number of imidazole rings is 1. The monoisotopic (exact) mass is 608 g/mol. The Morgan fingerprint density at radius 2 is 1.78 bits per heavy atom. The zero-order chi connectivity index (χ0) is 30.7. The number of carbonyl (C=O) groups excluding carboxylic acids is 1. The lowest BCUT2D eigenvalue weighted by Crippen LogP contribution is -2.39. The predicted octanol–water partition coefficient (Wildman–Crippen LogP) is 5.68. The molecule has 4 aliphatic rings. The number of furan rings is 1. The summed E-state index contributed by atoms with van der Waals surface area (Å²) in [5.74, 6) is 0.398. The zero-order valence-corrected chi connectivity index (χ0v) is 25.3. The van der Waals surface area contributed by atoms with E-state index >= 15 is 0 Å². The van der Waals surface area contributed by atoms with E-state index in [2.05, 4.69) is 11.5 Å². The molecule has 11 heteroatoms. The molecule has 45 heavy (non-hydrogen) atoms. The van der Waals surface area contributed by atoms with E-state index < -0.39 is 18.1 Å². The molecule has 0 aliphatic carbocycles. The minimum atomic E-state index is -0.939. The first-order valence-corrected chi connectivity index (χ1v) is 16.0. The maximum absolute atomic E-state index is 13.1. The van der Waals surface area contributed by atoms with Crippen LogP contribution in [0.1, 0.15) is 69.7 Å². The first-order chi connectivity index (χ1) is 21.9. The average Bonchev–Trinajstić information content (AvgIpc) is 3.75. The number of amides is 1. The third-order valence-corrected chi connectivity index (χ3v) is 9.78. The van der Waals surface area contributed by atoms with Gasteiger partial charge in [0.2, 0.25) is 5.91 Å². The molecule has 1 N–H and O–H groups in total. The van der Waals surface area contributed by atoms with Crippen molar-refractivity contribution in [2.75, 3.05) is 24.5 Å². The fourth-order valence-electron chi connectivity index (χ4n) is 7.35. The topological polar surface area (TPSA) is 127 Å². The van der Waals surface area contributed by atoms with Crippen LogP contribution in [-0.4, -0.2) is 73.2 Å². The van der Waals surface area contributed by atoms with Gasteiger partial charge in [0, 0.05) is 43.3 Å². The van der Waals surface area contributed by atoms with Crippen molar-refractivity contribution in [2.24, 2.45) is 0 Å². The molecule has 9 rings (SSSR count). The first kappa shape index (κ1) is 27.8. The van der Waals surface area contributed by atoms with Crippen LogP contribution in [0.15, 0.2) is 52.9 Å². The van der Waals surface area contributed by atoms with Crippen molar-refractivity contribution in [1.82, 2.24) is 24.4 Å². The van der Waals surface area contributed by atoms with Gasteiger partial charge in [-0.2, -0.15) is 4.98 Å². The van der Waals surface area contributed by atoms with Crippen molar-refractivity contribution in [3.8, 4) is 6.01 Å². The smallest absolute Gasteiger partial charge is 0.326 e. The predicted molar refractivity (Wildman–Crippen MR) is 169 cm³/mol. The van der Waals surface area contributed by atoms with Gasteiger partial charge in [-0.3, -0.25) is 9.36 Å². The Balaban J connectivity index is 1.25. The lowest BCUT2D eigenvalue weighted by molar-refractivity contribution is -0.138. The number of piperidine rings is 1. The van der Waals surface area contributed by atoms with Crippen LogP contribution in [0.25, 0.3) is 33.1 Å². The average molecular weight is 609 g/mol. The number of aliphatic carboxylic acids is 1. The van der Waals surface area contributed by atoms with Crippen molar-refractivity contribution < 1.29 is 23.8 Å². The molecule has 5 aromatic rings. The molecule has 232 valence electrons. The number of hydrogen-bond donors (Lipinski definition) is 1. The number of rotatable bonds is 1. The molecule has 0 saturated carbocycles. The number of carboxylic acids is 1. The number of nitrogens with zero attached hydrogens (tertiary/aromatic N) is 6. The molecule has 0 radical (unpaired) electrons. The van der Waals surface area contributed by atoms with Gasteiger partial charge in [-0.05, 0) is 49.9 Å². The van der Waals surface area contributed by atoms with Crippen molar-refractivity contribution in [2.45, 2.75) is 76.0 Å². The molecule has 6 bridgehead atoms. The minimum absolute atomic E-state index is 0.00702. The number of aromatic nitrogens is 4. The van der Waals surface area contributed by atoms with Crippen LogP contribution in [0.5, 0.6) is 6.01 Å². The largest absolute Gasteiger partial charge is 0.480 e. The molecule has 4 aliphatic heterocycles. The summed E-state index contributed by atoms with van der Waals surface area (Å²) < 4.78 is 15.1. The van der Waals surface area contributed by atoms with Gasteiger partial charge in [-0.25, -0.2) is 14.8 Å². The number of hydrogen-bond acceptors (Lipinski definition) is 8. The Labute approximate surface area is 259 Å². The highest BCUT2D eigenvalue weighted by Gasteiger charge is 2.42. The molecule has 0 spiro atoms. The normalized spacial score (nSPS) is 24.4. The third-order valence-electron chi connectivity index (χ3n) is 9.78. The maximum atomic E-state index is 13.1. The van der Waals surface area contributed by atoms with E-state index in [1.165, 1.54) is 0 Å². The fraction of sp³-hybridized carbons (Fsp3) is 0.441. The van der Waals surface area contributed by atoms with Crippen molar-refractivity contribution >= 4 is 50.8 Å².